The number of carboxylic acid groups (broad SMARTS) is 1. The third-order valence-electron chi connectivity index (χ3n) is 2.21. The van der Waals surface area contributed by atoms with Crippen molar-refractivity contribution in [2.24, 2.45) is 0 Å². The predicted molar refractivity (Wildman–Crippen MR) is 67.1 cm³/mol. The standard InChI is InChI=1S/C12H9ClN2O4/c1-18-10-4-7(11(16)17)2-3-9(10)19-12-14-5-8(13)6-15-12/h2-6H,1H3,(H,16,17). The van der Waals surface area contributed by atoms with Gasteiger partial charge in [0.1, 0.15) is 0 Å². The SMILES string of the molecule is COc1cc(C(=O)O)ccc1Oc1ncc(Cl)cn1. The fourth-order valence-electron chi connectivity index (χ4n) is 1.34. The van der Waals surface area contributed by atoms with E-state index in [1.165, 1.54) is 37.7 Å². The first-order chi connectivity index (χ1) is 9.10. The fourth-order valence-corrected chi connectivity index (χ4v) is 1.43. The van der Waals surface area contributed by atoms with E-state index >= 15 is 0 Å². The predicted octanol–water partition coefficient (Wildman–Crippen LogP) is 2.63. The lowest BCUT2D eigenvalue weighted by molar-refractivity contribution is 0.0696. The fraction of sp³-hybridized carbons (Fsp3) is 0.0833. The molecule has 1 N–H and O–H groups in total. The van der Waals surface area contributed by atoms with Crippen molar-refractivity contribution in [3.63, 3.8) is 0 Å². The van der Waals surface area contributed by atoms with E-state index in [-0.39, 0.29) is 17.3 Å². The number of hydrogen-bond donors (Lipinski definition) is 1. The number of halogens is 1. The van der Waals surface area contributed by atoms with E-state index in [1.807, 2.05) is 0 Å². The van der Waals surface area contributed by atoms with E-state index in [0.29, 0.717) is 10.8 Å². The molecule has 1 aromatic heterocycles. The third kappa shape index (κ3) is 3.11. The Morgan fingerprint density at radius 3 is 2.53 bits per heavy atom. The van der Waals surface area contributed by atoms with Crippen molar-refractivity contribution in [2.75, 3.05) is 7.11 Å². The minimum Gasteiger partial charge on any atom is -0.493 e. The minimum absolute atomic E-state index is 0.0887. The van der Waals surface area contributed by atoms with Crippen LogP contribution in [0.25, 0.3) is 0 Å². The molecule has 0 saturated carbocycles. The lowest BCUT2D eigenvalue weighted by atomic mass is 10.2. The number of benzene rings is 1. The molecule has 0 aliphatic carbocycles. The Hall–Kier alpha value is -2.34. The molecule has 0 aliphatic heterocycles. The first-order valence-corrected chi connectivity index (χ1v) is 5.54. The number of ether oxygens (including phenoxy) is 2. The molecule has 0 unspecified atom stereocenters. The van der Waals surface area contributed by atoms with Gasteiger partial charge >= 0.3 is 12.0 Å². The van der Waals surface area contributed by atoms with Gasteiger partial charge in [-0.1, -0.05) is 11.6 Å². The van der Waals surface area contributed by atoms with Crippen LogP contribution in [0.4, 0.5) is 0 Å². The Morgan fingerprint density at radius 2 is 1.95 bits per heavy atom. The summed E-state index contributed by atoms with van der Waals surface area (Å²) < 4.78 is 10.5. The highest BCUT2D eigenvalue weighted by Crippen LogP contribution is 2.31. The summed E-state index contributed by atoms with van der Waals surface area (Å²) in [5, 5.41) is 9.27. The Morgan fingerprint density at radius 1 is 1.26 bits per heavy atom. The number of carboxylic acids is 1. The molecule has 0 amide bonds. The molecule has 1 heterocycles. The third-order valence-corrected chi connectivity index (χ3v) is 2.40. The van der Waals surface area contributed by atoms with Crippen LogP contribution in [0.3, 0.4) is 0 Å². The molecule has 6 nitrogen and oxygen atoms in total. The van der Waals surface area contributed by atoms with Crippen molar-refractivity contribution >= 4 is 17.6 Å². The number of aromatic nitrogens is 2. The van der Waals surface area contributed by atoms with Crippen molar-refractivity contribution in [2.45, 2.75) is 0 Å². The number of carbonyl (C=O) groups is 1. The maximum atomic E-state index is 10.8. The van der Waals surface area contributed by atoms with Gasteiger partial charge in [0.25, 0.3) is 0 Å². The van der Waals surface area contributed by atoms with Gasteiger partial charge in [0.15, 0.2) is 11.5 Å². The van der Waals surface area contributed by atoms with Gasteiger partial charge in [0.05, 0.1) is 30.1 Å². The summed E-state index contributed by atoms with van der Waals surface area (Å²) in [6.45, 7) is 0. The van der Waals surface area contributed by atoms with Crippen LogP contribution in [0, 0.1) is 0 Å². The Balaban J connectivity index is 2.29. The van der Waals surface area contributed by atoms with E-state index in [4.69, 9.17) is 26.2 Å². The first kappa shape index (κ1) is 13.1. The van der Waals surface area contributed by atoms with Crippen LogP contribution in [0.5, 0.6) is 17.5 Å². The number of rotatable bonds is 4. The van der Waals surface area contributed by atoms with E-state index in [9.17, 15) is 4.79 Å². The summed E-state index contributed by atoms with van der Waals surface area (Å²) in [5.74, 6) is -0.458. The van der Waals surface area contributed by atoms with Gasteiger partial charge in [0, 0.05) is 0 Å². The van der Waals surface area contributed by atoms with Crippen molar-refractivity contribution in [3.8, 4) is 17.5 Å². The van der Waals surface area contributed by atoms with Crippen LogP contribution in [-0.2, 0) is 0 Å². The molecule has 19 heavy (non-hydrogen) atoms. The second kappa shape index (κ2) is 5.53. The molecule has 0 atom stereocenters. The molecule has 0 bridgehead atoms. The summed E-state index contributed by atoms with van der Waals surface area (Å²) in [7, 11) is 1.41. The van der Waals surface area contributed by atoms with Crippen LogP contribution >= 0.6 is 11.6 Å². The second-order valence-corrected chi connectivity index (χ2v) is 3.89. The number of nitrogens with zero attached hydrogens (tertiary/aromatic N) is 2. The molecule has 0 aliphatic rings. The van der Waals surface area contributed by atoms with E-state index in [1.54, 1.807) is 0 Å². The van der Waals surface area contributed by atoms with Crippen molar-refractivity contribution in [3.05, 3.63) is 41.2 Å². The lowest BCUT2D eigenvalue weighted by Crippen LogP contribution is -1.99. The summed E-state index contributed by atoms with van der Waals surface area (Å²) in [4.78, 5) is 18.6. The molecule has 2 rings (SSSR count). The lowest BCUT2D eigenvalue weighted by Gasteiger charge is -2.09. The molecule has 7 heteroatoms. The van der Waals surface area contributed by atoms with Crippen molar-refractivity contribution in [1.29, 1.82) is 0 Å². The van der Waals surface area contributed by atoms with Gasteiger partial charge in [-0.25, -0.2) is 14.8 Å². The van der Waals surface area contributed by atoms with E-state index in [0.717, 1.165) is 0 Å². The van der Waals surface area contributed by atoms with Crippen LogP contribution in [0.1, 0.15) is 10.4 Å². The zero-order chi connectivity index (χ0) is 13.8. The molecule has 0 radical (unpaired) electrons. The highest BCUT2D eigenvalue weighted by Gasteiger charge is 2.11. The molecule has 1 aromatic carbocycles. The average Bonchev–Trinajstić information content (AvgIpc) is 2.41. The molecule has 0 saturated heterocycles. The van der Waals surface area contributed by atoms with Crippen LogP contribution < -0.4 is 9.47 Å². The Labute approximate surface area is 113 Å². The summed E-state index contributed by atoms with van der Waals surface area (Å²) >= 11 is 5.66. The van der Waals surface area contributed by atoms with Crippen molar-refractivity contribution < 1.29 is 19.4 Å². The number of hydrogen-bond acceptors (Lipinski definition) is 5. The Bertz CT molecular complexity index is 601. The molecule has 0 fully saturated rings. The quantitative estimate of drug-likeness (QED) is 0.927. The first-order valence-electron chi connectivity index (χ1n) is 5.17. The average molecular weight is 281 g/mol. The van der Waals surface area contributed by atoms with Gasteiger partial charge in [0.2, 0.25) is 0 Å². The van der Waals surface area contributed by atoms with Crippen LogP contribution in [0.15, 0.2) is 30.6 Å². The van der Waals surface area contributed by atoms with Gasteiger partial charge in [-0.3, -0.25) is 0 Å². The number of methoxy groups -OCH3 is 1. The number of aromatic carboxylic acids is 1. The van der Waals surface area contributed by atoms with Crippen molar-refractivity contribution in [1.82, 2.24) is 9.97 Å². The van der Waals surface area contributed by atoms with Gasteiger partial charge in [-0.15, -0.1) is 0 Å². The molecular formula is C12H9ClN2O4. The maximum Gasteiger partial charge on any atom is 0.335 e. The summed E-state index contributed by atoms with van der Waals surface area (Å²) in [5.41, 5.74) is 0.0984. The minimum atomic E-state index is -1.05. The van der Waals surface area contributed by atoms with Crippen LogP contribution in [0.2, 0.25) is 5.02 Å². The highest BCUT2D eigenvalue weighted by molar-refractivity contribution is 6.30. The zero-order valence-electron chi connectivity index (χ0n) is 9.83. The van der Waals surface area contributed by atoms with E-state index < -0.39 is 5.97 Å². The van der Waals surface area contributed by atoms with Crippen LogP contribution in [-0.4, -0.2) is 28.2 Å². The largest absolute Gasteiger partial charge is 0.493 e. The molecular weight excluding hydrogens is 272 g/mol. The highest BCUT2D eigenvalue weighted by atomic mass is 35.5. The smallest absolute Gasteiger partial charge is 0.335 e. The zero-order valence-corrected chi connectivity index (χ0v) is 10.6. The monoisotopic (exact) mass is 280 g/mol. The molecule has 0 spiro atoms. The molecule has 2 aromatic rings. The molecule has 98 valence electrons. The van der Waals surface area contributed by atoms with Gasteiger partial charge in [-0.05, 0) is 18.2 Å². The topological polar surface area (TPSA) is 81.5 Å². The Kier molecular flexibility index (Phi) is 3.82. The second-order valence-electron chi connectivity index (χ2n) is 3.46. The van der Waals surface area contributed by atoms with E-state index in [2.05, 4.69) is 9.97 Å². The van der Waals surface area contributed by atoms with Gasteiger partial charge in [-0.2, -0.15) is 0 Å². The summed E-state index contributed by atoms with van der Waals surface area (Å²) in [6, 6.07) is 4.31. The van der Waals surface area contributed by atoms with Gasteiger partial charge < -0.3 is 14.6 Å². The maximum absolute atomic E-state index is 10.8. The normalized spacial score (nSPS) is 10.0. The summed E-state index contributed by atoms with van der Waals surface area (Å²) in [6.07, 6.45) is 2.78.